The van der Waals surface area contributed by atoms with Crippen molar-refractivity contribution in [3.63, 3.8) is 0 Å². The van der Waals surface area contributed by atoms with Crippen molar-refractivity contribution < 1.29 is 34.6 Å². The molecule has 0 aromatic heterocycles. The highest BCUT2D eigenvalue weighted by Gasteiger charge is 2.36. The maximum absolute atomic E-state index is 14.3. The Morgan fingerprint density at radius 2 is 1.28 bits per heavy atom. The summed E-state index contributed by atoms with van der Waals surface area (Å²) in [5.41, 5.74) is 3.49. The van der Waals surface area contributed by atoms with Gasteiger partial charge >= 0.3 is 5.96 Å². The van der Waals surface area contributed by atoms with Gasteiger partial charge in [0.15, 0.2) is 6.04 Å². The number of carbonyl (C=O) groups is 1. The average molecular weight is 784 g/mol. The Morgan fingerprint density at radius 3 is 1.89 bits per heavy atom. The first-order valence-electron chi connectivity index (χ1n) is 20.9. The first-order chi connectivity index (χ1) is 25.0. The van der Waals surface area contributed by atoms with Crippen LogP contribution in [0.3, 0.4) is 0 Å². The molecule has 2 aliphatic carbocycles. The zero-order chi connectivity index (χ0) is 35.7. The van der Waals surface area contributed by atoms with Gasteiger partial charge in [0.25, 0.3) is 5.91 Å². The highest BCUT2D eigenvalue weighted by Crippen LogP contribution is 2.63. The van der Waals surface area contributed by atoms with E-state index in [4.69, 9.17) is 0 Å². The van der Waals surface area contributed by atoms with E-state index in [0.717, 1.165) is 17.2 Å². The third-order valence-electron chi connectivity index (χ3n) is 11.5. The standard InChI is InChI=1S/C45H67N4OP.2ClH/c1-4-7-30-51(31-8-5-2,32-9-6-3)35-36-25-28-42(29-26-36)46-44(50)43(34-37-24-27-38-18-16-17-19-39(38)33-37)49-45(47-40-20-12-10-13-21-40)48-41-22-14-11-15-23-41;;/h16-19,24-29,33,40-41,43H,4-15,20-23,30-32,34-35H2,1-3H3,(H2-,46,47,48,49,50);2*1H. The summed E-state index contributed by atoms with van der Waals surface area (Å²) in [4.78, 5) is 18.2. The normalized spacial score (nSPS) is 16.3. The van der Waals surface area contributed by atoms with E-state index in [2.05, 4.69) is 108 Å². The quantitative estimate of drug-likeness (QED) is 0.0908. The summed E-state index contributed by atoms with van der Waals surface area (Å²) in [5.74, 6) is 0.955. The van der Waals surface area contributed by atoms with Crippen LogP contribution in [0.25, 0.3) is 10.8 Å². The van der Waals surface area contributed by atoms with Crippen molar-refractivity contribution in [1.82, 2.24) is 10.6 Å². The van der Waals surface area contributed by atoms with E-state index in [1.54, 1.807) is 0 Å². The van der Waals surface area contributed by atoms with Crippen LogP contribution in [0.15, 0.2) is 66.7 Å². The molecular weight excluding hydrogens is 714 g/mol. The minimum absolute atomic E-state index is 0. The lowest BCUT2D eigenvalue weighted by Gasteiger charge is -2.28. The fourth-order valence-electron chi connectivity index (χ4n) is 8.38. The SMILES string of the molecule is CCCC[P+](CCCC)(CCCC)Cc1ccc(NC(=O)C(Cc2ccc3ccccc3c2)NC(NC2CCCCC2)=[NH+]C2CCCCC2)cc1.[Cl-].[Cl-]. The molecule has 0 radical (unpaired) electrons. The van der Waals surface area contributed by atoms with Gasteiger partial charge < -0.3 is 30.1 Å². The van der Waals surface area contributed by atoms with E-state index in [1.807, 2.05) is 0 Å². The second kappa shape index (κ2) is 24.2. The molecule has 1 atom stereocenters. The van der Waals surface area contributed by atoms with Crippen molar-refractivity contribution in [3.8, 4) is 0 Å². The van der Waals surface area contributed by atoms with Gasteiger partial charge in [-0.3, -0.25) is 20.4 Å². The van der Waals surface area contributed by atoms with Crippen LogP contribution in [-0.2, 0) is 17.4 Å². The molecule has 1 unspecified atom stereocenters. The molecule has 0 heterocycles. The second-order valence-corrected chi connectivity index (χ2v) is 20.2. The molecule has 2 fully saturated rings. The number of hydrogen-bond acceptors (Lipinski definition) is 1. The Hall–Kier alpha value is -2.33. The molecule has 0 aliphatic heterocycles. The second-order valence-electron chi connectivity index (χ2n) is 15.8. The van der Waals surface area contributed by atoms with Crippen molar-refractivity contribution in [2.45, 2.75) is 154 Å². The summed E-state index contributed by atoms with van der Waals surface area (Å²) in [7, 11) is -1.04. The summed E-state index contributed by atoms with van der Waals surface area (Å²) >= 11 is 0. The molecule has 294 valence electrons. The number of carbonyl (C=O) groups excluding carboxylic acids is 1. The number of nitrogens with one attached hydrogen (secondary N) is 4. The Morgan fingerprint density at radius 1 is 0.717 bits per heavy atom. The monoisotopic (exact) mass is 782 g/mol. The van der Waals surface area contributed by atoms with Crippen LogP contribution in [0.2, 0.25) is 0 Å². The van der Waals surface area contributed by atoms with Crippen LogP contribution in [0.1, 0.15) is 135 Å². The molecule has 3 aromatic rings. The number of benzene rings is 3. The van der Waals surface area contributed by atoms with Crippen molar-refractivity contribution >= 4 is 35.6 Å². The van der Waals surface area contributed by atoms with Crippen LogP contribution in [-0.4, -0.2) is 48.5 Å². The van der Waals surface area contributed by atoms with Gasteiger partial charge in [-0.2, -0.15) is 0 Å². The number of rotatable bonds is 18. The summed E-state index contributed by atoms with van der Waals surface area (Å²) in [5, 5.41) is 13.4. The molecule has 0 bridgehead atoms. The van der Waals surface area contributed by atoms with Gasteiger partial charge in [-0.25, -0.2) is 0 Å². The van der Waals surface area contributed by atoms with Gasteiger partial charge in [-0.05, 0) is 79.0 Å². The summed E-state index contributed by atoms with van der Waals surface area (Å²) in [6.45, 7) is 7.02. The van der Waals surface area contributed by atoms with Crippen molar-refractivity contribution in [2.75, 3.05) is 23.8 Å². The topological polar surface area (TPSA) is 67.1 Å². The Balaban J connectivity index is 0.00000378. The lowest BCUT2D eigenvalue weighted by atomic mass is 9.95. The van der Waals surface area contributed by atoms with Gasteiger partial charge in [0.2, 0.25) is 0 Å². The van der Waals surface area contributed by atoms with Crippen LogP contribution in [0.5, 0.6) is 0 Å². The number of halogens is 2. The highest BCUT2D eigenvalue weighted by atomic mass is 35.5. The molecule has 2 saturated carbocycles. The predicted molar refractivity (Wildman–Crippen MR) is 222 cm³/mol. The molecule has 3 aromatic carbocycles. The summed E-state index contributed by atoms with van der Waals surface area (Å²) < 4.78 is 0. The Labute approximate surface area is 335 Å². The minimum atomic E-state index is -1.04. The van der Waals surface area contributed by atoms with E-state index in [-0.39, 0.29) is 30.7 Å². The molecule has 2 aliphatic rings. The Bertz CT molecular complexity index is 1480. The van der Waals surface area contributed by atoms with Gasteiger partial charge in [0.1, 0.15) is 0 Å². The molecule has 53 heavy (non-hydrogen) atoms. The zero-order valence-electron chi connectivity index (χ0n) is 33.0. The first-order valence-corrected chi connectivity index (χ1v) is 23.4. The molecule has 1 amide bonds. The molecule has 0 spiro atoms. The fourth-order valence-corrected chi connectivity index (χ4v) is 13.5. The minimum Gasteiger partial charge on any atom is -1.00 e. The highest BCUT2D eigenvalue weighted by molar-refractivity contribution is 7.75. The van der Waals surface area contributed by atoms with Crippen LogP contribution < -0.4 is 45.8 Å². The molecule has 5 rings (SSSR count). The smallest absolute Gasteiger partial charge is 0.344 e. The number of guanidine groups is 1. The van der Waals surface area contributed by atoms with E-state index < -0.39 is 13.3 Å². The molecule has 5 nitrogen and oxygen atoms in total. The van der Waals surface area contributed by atoms with Crippen molar-refractivity contribution in [3.05, 3.63) is 77.9 Å². The third kappa shape index (κ3) is 14.7. The molecule has 4 N–H and O–H groups in total. The van der Waals surface area contributed by atoms with Gasteiger partial charge in [0.05, 0.1) is 36.7 Å². The van der Waals surface area contributed by atoms with Gasteiger partial charge in [-0.15, -0.1) is 0 Å². The van der Waals surface area contributed by atoms with E-state index >= 15 is 0 Å². The molecule has 8 heteroatoms. The molecule has 0 saturated heterocycles. The maximum Gasteiger partial charge on any atom is 0.344 e. The summed E-state index contributed by atoms with van der Waals surface area (Å²) in [6, 6.07) is 24.5. The van der Waals surface area contributed by atoms with Crippen molar-refractivity contribution in [1.29, 1.82) is 0 Å². The Kier molecular flexibility index (Phi) is 20.6. The van der Waals surface area contributed by atoms with E-state index in [9.17, 15) is 4.79 Å². The lowest BCUT2D eigenvalue weighted by Crippen LogP contribution is -3.00. The third-order valence-corrected chi connectivity index (χ3v) is 16.3. The number of hydrogen-bond donors (Lipinski definition) is 4. The van der Waals surface area contributed by atoms with Crippen LogP contribution >= 0.6 is 7.26 Å². The zero-order valence-corrected chi connectivity index (χ0v) is 35.4. The number of amides is 1. The number of fused-ring (bicyclic) bond motifs is 1. The van der Waals surface area contributed by atoms with Gasteiger partial charge in [0, 0.05) is 19.4 Å². The van der Waals surface area contributed by atoms with E-state index in [1.165, 1.54) is 144 Å². The summed E-state index contributed by atoms with van der Waals surface area (Å²) in [6.07, 6.45) is 26.5. The van der Waals surface area contributed by atoms with Crippen molar-refractivity contribution in [2.24, 2.45) is 0 Å². The van der Waals surface area contributed by atoms with Crippen LogP contribution in [0, 0.1) is 0 Å². The maximum atomic E-state index is 14.3. The first kappa shape index (κ1) is 45.1. The lowest BCUT2D eigenvalue weighted by molar-refractivity contribution is -0.512. The fraction of sp³-hybridized carbons (Fsp3) is 0.600. The number of unbranched alkanes of at least 4 members (excludes halogenated alkanes) is 3. The number of anilines is 1. The van der Waals surface area contributed by atoms with Gasteiger partial charge in [-0.1, -0.05) is 133 Å². The largest absolute Gasteiger partial charge is 1.00 e. The van der Waals surface area contributed by atoms with E-state index in [0.29, 0.717) is 18.5 Å². The van der Waals surface area contributed by atoms with Crippen LogP contribution in [0.4, 0.5) is 5.69 Å². The molecular formula is C45H69Cl2N4OP. The predicted octanol–water partition coefficient (Wildman–Crippen LogP) is 3.60. The average Bonchev–Trinajstić information content (AvgIpc) is 3.16.